The molecule has 0 aliphatic heterocycles. The van der Waals surface area contributed by atoms with Gasteiger partial charge < -0.3 is 9.84 Å². The van der Waals surface area contributed by atoms with Gasteiger partial charge in [0.2, 0.25) is 0 Å². The number of nitrogens with zero attached hydrogens (tertiary/aromatic N) is 1. The minimum atomic E-state index is -4.08. The van der Waals surface area contributed by atoms with E-state index in [1.807, 2.05) is 0 Å². The molecule has 8 nitrogen and oxygen atoms in total. The minimum absolute atomic E-state index is 0.246. The second kappa shape index (κ2) is 5.21. The summed E-state index contributed by atoms with van der Waals surface area (Å²) < 4.78 is 31.4. The van der Waals surface area contributed by atoms with Crippen molar-refractivity contribution in [3.8, 4) is 5.75 Å². The second-order valence-electron chi connectivity index (χ2n) is 3.76. The van der Waals surface area contributed by atoms with Crippen molar-refractivity contribution >= 4 is 21.7 Å². The van der Waals surface area contributed by atoms with Crippen LogP contribution in [0.25, 0.3) is 0 Å². The lowest BCUT2D eigenvalue weighted by molar-refractivity contribution is 0.0692. The summed E-state index contributed by atoms with van der Waals surface area (Å²) in [5, 5.41) is 14.0. The van der Waals surface area contributed by atoms with Crippen molar-refractivity contribution in [2.75, 3.05) is 11.8 Å². The number of carboxylic acid groups (broad SMARTS) is 1. The van der Waals surface area contributed by atoms with Gasteiger partial charge in [-0.05, 0) is 12.1 Å². The van der Waals surface area contributed by atoms with E-state index in [0.717, 1.165) is 6.20 Å². The van der Waals surface area contributed by atoms with Crippen LogP contribution in [-0.2, 0) is 10.0 Å². The van der Waals surface area contributed by atoms with Gasteiger partial charge in [-0.15, -0.1) is 0 Å². The van der Waals surface area contributed by atoms with E-state index in [9.17, 15) is 13.2 Å². The number of carboxylic acids is 1. The van der Waals surface area contributed by atoms with Gasteiger partial charge in [0, 0.05) is 6.07 Å². The van der Waals surface area contributed by atoms with Gasteiger partial charge in [-0.25, -0.2) is 4.79 Å². The maximum atomic E-state index is 12.1. The Labute approximate surface area is 114 Å². The Bertz CT molecular complexity index is 738. The van der Waals surface area contributed by atoms with Crippen LogP contribution < -0.4 is 9.46 Å². The quantitative estimate of drug-likeness (QED) is 0.754. The molecule has 0 bridgehead atoms. The first-order chi connectivity index (χ1) is 9.44. The molecule has 0 atom stereocenters. The van der Waals surface area contributed by atoms with Crippen LogP contribution in [0.15, 0.2) is 35.5 Å². The molecule has 0 saturated carbocycles. The fourth-order valence-electron chi connectivity index (χ4n) is 1.52. The van der Waals surface area contributed by atoms with Crippen LogP contribution >= 0.6 is 0 Å². The van der Waals surface area contributed by atoms with E-state index in [1.165, 1.54) is 19.2 Å². The van der Waals surface area contributed by atoms with Gasteiger partial charge >= 0.3 is 5.97 Å². The van der Waals surface area contributed by atoms with Crippen molar-refractivity contribution < 1.29 is 23.1 Å². The maximum Gasteiger partial charge on any atom is 0.340 e. The van der Waals surface area contributed by atoms with Gasteiger partial charge in [-0.1, -0.05) is 6.07 Å². The number of sulfonamides is 1. The fourth-order valence-corrected chi connectivity index (χ4v) is 2.67. The number of methoxy groups -OCH3 is 1. The Balaban J connectivity index is 2.35. The van der Waals surface area contributed by atoms with E-state index in [2.05, 4.69) is 14.9 Å². The zero-order valence-corrected chi connectivity index (χ0v) is 11.1. The normalized spacial score (nSPS) is 11.1. The highest BCUT2D eigenvalue weighted by Gasteiger charge is 2.24. The number of benzene rings is 1. The SMILES string of the molecule is COc1cccc(NS(=O)(=O)c2[nH]ncc2C(=O)O)c1. The van der Waals surface area contributed by atoms with Crippen LogP contribution in [0.3, 0.4) is 0 Å². The Kier molecular flexibility index (Phi) is 3.61. The van der Waals surface area contributed by atoms with Crippen molar-refractivity contribution in [1.82, 2.24) is 10.2 Å². The molecule has 0 saturated heterocycles. The van der Waals surface area contributed by atoms with Crippen LogP contribution in [-0.4, -0.2) is 36.8 Å². The van der Waals surface area contributed by atoms with Gasteiger partial charge in [0.05, 0.1) is 19.0 Å². The molecule has 0 fully saturated rings. The fraction of sp³-hybridized carbons (Fsp3) is 0.0909. The first kappa shape index (κ1) is 13.9. The molecule has 0 unspecified atom stereocenters. The lowest BCUT2D eigenvalue weighted by Crippen LogP contribution is -2.16. The molecule has 1 aromatic carbocycles. The first-order valence-electron chi connectivity index (χ1n) is 5.37. The number of H-pyrrole nitrogens is 1. The Morgan fingerprint density at radius 3 is 2.85 bits per heavy atom. The van der Waals surface area contributed by atoms with E-state index in [1.54, 1.807) is 12.1 Å². The molecule has 1 aromatic heterocycles. The standard InChI is InChI=1S/C11H11N3O5S/c1-19-8-4-2-3-7(5-8)14-20(17,18)10-9(11(15)16)6-12-13-10/h2-6,14H,1H3,(H,12,13)(H,15,16). The van der Waals surface area contributed by atoms with Gasteiger partial charge in [-0.3, -0.25) is 9.82 Å². The van der Waals surface area contributed by atoms with E-state index < -0.39 is 26.6 Å². The van der Waals surface area contributed by atoms with Crippen LogP contribution in [0.4, 0.5) is 5.69 Å². The summed E-state index contributed by atoms with van der Waals surface area (Å²) in [6.45, 7) is 0. The number of aromatic nitrogens is 2. The Morgan fingerprint density at radius 1 is 1.45 bits per heavy atom. The third-order valence-corrected chi connectivity index (χ3v) is 3.78. The van der Waals surface area contributed by atoms with Gasteiger partial charge in [-0.2, -0.15) is 13.5 Å². The number of hydrogen-bond donors (Lipinski definition) is 3. The number of rotatable bonds is 5. The molecule has 0 aliphatic rings. The van der Waals surface area contributed by atoms with Crippen LogP contribution in [0, 0.1) is 0 Å². The van der Waals surface area contributed by atoms with E-state index >= 15 is 0 Å². The lowest BCUT2D eigenvalue weighted by atomic mass is 10.3. The third-order valence-electron chi connectivity index (χ3n) is 2.43. The maximum absolute atomic E-state index is 12.1. The van der Waals surface area contributed by atoms with Gasteiger partial charge in [0.15, 0.2) is 5.03 Å². The molecular weight excluding hydrogens is 286 g/mol. The molecule has 0 radical (unpaired) electrons. The number of nitrogens with one attached hydrogen (secondary N) is 2. The van der Waals surface area contributed by atoms with E-state index in [0.29, 0.717) is 5.75 Å². The highest BCUT2D eigenvalue weighted by Crippen LogP contribution is 2.21. The number of aromatic amines is 1. The third kappa shape index (κ3) is 2.72. The average molecular weight is 297 g/mol. The second-order valence-corrected chi connectivity index (χ2v) is 5.37. The summed E-state index contributed by atoms with van der Waals surface area (Å²) in [5.41, 5.74) is -0.185. The Morgan fingerprint density at radius 2 is 2.20 bits per heavy atom. The molecule has 106 valence electrons. The van der Waals surface area contributed by atoms with Crippen LogP contribution in [0.5, 0.6) is 5.75 Å². The molecule has 1 heterocycles. The van der Waals surface area contributed by atoms with Crippen molar-refractivity contribution in [2.24, 2.45) is 0 Å². The number of hydrogen-bond acceptors (Lipinski definition) is 5. The summed E-state index contributed by atoms with van der Waals surface area (Å²) in [6.07, 6.45) is 0.933. The number of carbonyl (C=O) groups is 1. The summed E-state index contributed by atoms with van der Waals surface area (Å²) in [4.78, 5) is 10.9. The minimum Gasteiger partial charge on any atom is -0.497 e. The molecular formula is C11H11N3O5S. The van der Waals surface area contributed by atoms with Crippen LogP contribution in [0.1, 0.15) is 10.4 Å². The summed E-state index contributed by atoms with van der Waals surface area (Å²) in [5.74, 6) is -0.918. The number of ether oxygens (including phenoxy) is 1. The van der Waals surface area contributed by atoms with Crippen LogP contribution in [0.2, 0.25) is 0 Å². The summed E-state index contributed by atoms with van der Waals surface area (Å²) in [6, 6.07) is 6.23. The predicted octanol–water partition coefficient (Wildman–Crippen LogP) is 0.917. The zero-order valence-electron chi connectivity index (χ0n) is 10.3. The molecule has 9 heteroatoms. The molecule has 0 spiro atoms. The molecule has 20 heavy (non-hydrogen) atoms. The van der Waals surface area contributed by atoms with Crippen molar-refractivity contribution in [2.45, 2.75) is 5.03 Å². The number of aromatic carboxylic acids is 1. The summed E-state index contributed by atoms with van der Waals surface area (Å²) in [7, 11) is -2.63. The monoisotopic (exact) mass is 297 g/mol. The average Bonchev–Trinajstić information content (AvgIpc) is 2.88. The smallest absolute Gasteiger partial charge is 0.340 e. The van der Waals surface area contributed by atoms with Crippen molar-refractivity contribution in [3.63, 3.8) is 0 Å². The van der Waals surface area contributed by atoms with E-state index in [-0.39, 0.29) is 5.69 Å². The lowest BCUT2D eigenvalue weighted by Gasteiger charge is -2.08. The summed E-state index contributed by atoms with van der Waals surface area (Å²) >= 11 is 0. The molecule has 2 aromatic rings. The molecule has 3 N–H and O–H groups in total. The largest absolute Gasteiger partial charge is 0.497 e. The molecule has 2 rings (SSSR count). The van der Waals surface area contributed by atoms with Gasteiger partial charge in [0.1, 0.15) is 11.3 Å². The van der Waals surface area contributed by atoms with Crippen molar-refractivity contribution in [3.05, 3.63) is 36.0 Å². The molecule has 0 amide bonds. The number of anilines is 1. The molecule has 0 aliphatic carbocycles. The highest BCUT2D eigenvalue weighted by molar-refractivity contribution is 7.92. The highest BCUT2D eigenvalue weighted by atomic mass is 32.2. The first-order valence-corrected chi connectivity index (χ1v) is 6.86. The van der Waals surface area contributed by atoms with Crippen molar-refractivity contribution in [1.29, 1.82) is 0 Å². The Hall–Kier alpha value is -2.55. The topological polar surface area (TPSA) is 121 Å². The zero-order chi connectivity index (χ0) is 14.8. The van der Waals surface area contributed by atoms with Gasteiger partial charge in [0.25, 0.3) is 10.0 Å². The predicted molar refractivity (Wildman–Crippen MR) is 69.3 cm³/mol. The van der Waals surface area contributed by atoms with E-state index in [4.69, 9.17) is 9.84 Å².